The molecule has 0 atom stereocenters. The first kappa shape index (κ1) is 14.6. The lowest BCUT2D eigenvalue weighted by Gasteiger charge is -2.06. The minimum Gasteiger partial charge on any atom is -0.497 e. The molecule has 1 aromatic heterocycles. The third-order valence-electron chi connectivity index (χ3n) is 4.25. The molecule has 0 radical (unpaired) electrons. The van der Waals surface area contributed by atoms with Crippen molar-refractivity contribution < 1.29 is 9.15 Å². The molecule has 0 spiro atoms. The largest absolute Gasteiger partial charge is 0.497 e. The first-order valence-electron chi connectivity index (χ1n) is 8.04. The first-order valence-corrected chi connectivity index (χ1v) is 8.04. The van der Waals surface area contributed by atoms with Gasteiger partial charge in [-0.2, -0.15) is 0 Å². The van der Waals surface area contributed by atoms with Gasteiger partial charge >= 0.3 is 0 Å². The van der Waals surface area contributed by atoms with Crippen molar-refractivity contribution in [1.82, 2.24) is 0 Å². The maximum atomic E-state index is 6.18. The summed E-state index contributed by atoms with van der Waals surface area (Å²) in [4.78, 5) is 0. The molecule has 0 amide bonds. The van der Waals surface area contributed by atoms with E-state index in [1.807, 2.05) is 42.5 Å². The number of ether oxygens (including phenoxy) is 1. The van der Waals surface area contributed by atoms with Crippen LogP contribution in [0.2, 0.25) is 0 Å². The zero-order valence-corrected chi connectivity index (χ0v) is 13.5. The molecular formula is C22H18O2. The minimum atomic E-state index is 0.804. The Morgan fingerprint density at radius 3 is 2.46 bits per heavy atom. The van der Waals surface area contributed by atoms with E-state index in [9.17, 15) is 0 Å². The SMILES string of the molecule is COc1cccc(Cc2c(-c3ccccc3)oc3ccccc23)c1. The lowest BCUT2D eigenvalue weighted by molar-refractivity contribution is 0.414. The third-order valence-corrected chi connectivity index (χ3v) is 4.25. The molecule has 0 fully saturated rings. The number of rotatable bonds is 4. The summed E-state index contributed by atoms with van der Waals surface area (Å²) in [5.74, 6) is 1.82. The molecule has 0 N–H and O–H groups in total. The fourth-order valence-electron chi connectivity index (χ4n) is 3.08. The van der Waals surface area contributed by atoms with Gasteiger partial charge in [0.25, 0.3) is 0 Å². The monoisotopic (exact) mass is 314 g/mol. The number of benzene rings is 3. The van der Waals surface area contributed by atoms with Gasteiger partial charge < -0.3 is 9.15 Å². The van der Waals surface area contributed by atoms with Crippen molar-refractivity contribution in [3.05, 3.63) is 90.0 Å². The number of methoxy groups -OCH3 is 1. The van der Waals surface area contributed by atoms with Crippen LogP contribution in [0.4, 0.5) is 0 Å². The Labute approximate surface area is 141 Å². The summed E-state index contributed by atoms with van der Waals surface area (Å²) in [7, 11) is 1.70. The lowest BCUT2D eigenvalue weighted by Crippen LogP contribution is -1.91. The van der Waals surface area contributed by atoms with Crippen molar-refractivity contribution in [2.75, 3.05) is 7.11 Å². The quantitative estimate of drug-likeness (QED) is 0.482. The molecule has 0 saturated carbocycles. The molecule has 0 unspecified atom stereocenters. The summed E-state index contributed by atoms with van der Waals surface area (Å²) in [5.41, 5.74) is 4.45. The van der Waals surface area contributed by atoms with Crippen molar-refractivity contribution >= 4 is 11.0 Å². The Morgan fingerprint density at radius 1 is 0.833 bits per heavy atom. The van der Waals surface area contributed by atoms with Gasteiger partial charge in [-0.15, -0.1) is 0 Å². The van der Waals surface area contributed by atoms with Gasteiger partial charge in [-0.1, -0.05) is 60.7 Å². The molecule has 2 heteroatoms. The second-order valence-corrected chi connectivity index (χ2v) is 5.80. The molecule has 0 bridgehead atoms. The maximum Gasteiger partial charge on any atom is 0.138 e. The van der Waals surface area contributed by atoms with Gasteiger partial charge in [0.15, 0.2) is 0 Å². The molecule has 3 aromatic carbocycles. The highest BCUT2D eigenvalue weighted by atomic mass is 16.5. The Bertz CT molecular complexity index is 968. The maximum absolute atomic E-state index is 6.18. The summed E-state index contributed by atoms with van der Waals surface area (Å²) in [6, 6.07) is 26.7. The van der Waals surface area contributed by atoms with Crippen LogP contribution in [-0.4, -0.2) is 7.11 Å². The zero-order chi connectivity index (χ0) is 16.4. The van der Waals surface area contributed by atoms with Gasteiger partial charge in [-0.3, -0.25) is 0 Å². The van der Waals surface area contributed by atoms with Crippen molar-refractivity contribution in [1.29, 1.82) is 0 Å². The van der Waals surface area contributed by atoms with Crippen LogP contribution in [0.15, 0.2) is 83.3 Å². The number of fused-ring (bicyclic) bond motifs is 1. The topological polar surface area (TPSA) is 22.4 Å². The molecule has 4 aromatic rings. The predicted octanol–water partition coefficient (Wildman–Crippen LogP) is 5.70. The van der Waals surface area contributed by atoms with E-state index >= 15 is 0 Å². The fourth-order valence-corrected chi connectivity index (χ4v) is 3.08. The average Bonchev–Trinajstić information content (AvgIpc) is 3.01. The molecule has 118 valence electrons. The van der Waals surface area contributed by atoms with Crippen LogP contribution in [0, 0.1) is 0 Å². The molecule has 0 saturated heterocycles. The molecule has 4 rings (SSSR count). The van der Waals surface area contributed by atoms with Crippen LogP contribution >= 0.6 is 0 Å². The van der Waals surface area contributed by atoms with E-state index < -0.39 is 0 Å². The van der Waals surface area contributed by atoms with Gasteiger partial charge in [-0.05, 0) is 23.8 Å². The van der Waals surface area contributed by atoms with Crippen molar-refractivity contribution in [2.24, 2.45) is 0 Å². The predicted molar refractivity (Wildman–Crippen MR) is 97.5 cm³/mol. The van der Waals surface area contributed by atoms with Crippen LogP contribution in [0.5, 0.6) is 5.75 Å². The van der Waals surface area contributed by atoms with E-state index in [1.165, 1.54) is 16.5 Å². The van der Waals surface area contributed by atoms with Crippen molar-refractivity contribution in [2.45, 2.75) is 6.42 Å². The van der Waals surface area contributed by atoms with Gasteiger partial charge in [0, 0.05) is 22.9 Å². The van der Waals surface area contributed by atoms with Crippen LogP contribution in [0.1, 0.15) is 11.1 Å². The number of furan rings is 1. The van der Waals surface area contributed by atoms with Crippen LogP contribution < -0.4 is 4.74 Å². The van der Waals surface area contributed by atoms with Crippen molar-refractivity contribution in [3.8, 4) is 17.1 Å². The van der Waals surface area contributed by atoms with Gasteiger partial charge in [0.05, 0.1) is 7.11 Å². The minimum absolute atomic E-state index is 0.804. The number of para-hydroxylation sites is 1. The van der Waals surface area contributed by atoms with E-state index in [4.69, 9.17) is 9.15 Å². The van der Waals surface area contributed by atoms with Gasteiger partial charge in [-0.25, -0.2) is 0 Å². The third kappa shape index (κ3) is 2.67. The Hall–Kier alpha value is -3.00. The second kappa shape index (κ2) is 6.25. The summed E-state index contributed by atoms with van der Waals surface area (Å²) in [6.07, 6.45) is 0.804. The molecule has 0 aliphatic carbocycles. The van der Waals surface area contributed by atoms with Gasteiger partial charge in [0.2, 0.25) is 0 Å². The van der Waals surface area contributed by atoms with Crippen LogP contribution in [0.25, 0.3) is 22.3 Å². The Kier molecular flexibility index (Phi) is 3.80. The smallest absolute Gasteiger partial charge is 0.138 e. The molecule has 0 aliphatic rings. The van der Waals surface area contributed by atoms with Crippen LogP contribution in [-0.2, 0) is 6.42 Å². The Balaban J connectivity index is 1.86. The highest BCUT2D eigenvalue weighted by molar-refractivity contribution is 5.88. The lowest BCUT2D eigenvalue weighted by atomic mass is 9.98. The Morgan fingerprint density at radius 2 is 1.62 bits per heavy atom. The second-order valence-electron chi connectivity index (χ2n) is 5.80. The first-order chi connectivity index (χ1) is 11.8. The number of hydrogen-bond acceptors (Lipinski definition) is 2. The molecule has 2 nitrogen and oxygen atoms in total. The highest BCUT2D eigenvalue weighted by Crippen LogP contribution is 2.35. The summed E-state index contributed by atoms with van der Waals surface area (Å²) in [6.45, 7) is 0. The summed E-state index contributed by atoms with van der Waals surface area (Å²) < 4.78 is 11.5. The van der Waals surface area contributed by atoms with Gasteiger partial charge in [0.1, 0.15) is 17.1 Å². The van der Waals surface area contributed by atoms with E-state index in [1.54, 1.807) is 7.11 Å². The van der Waals surface area contributed by atoms with Crippen molar-refractivity contribution in [3.63, 3.8) is 0 Å². The molecule has 0 aliphatic heterocycles. The average molecular weight is 314 g/mol. The highest BCUT2D eigenvalue weighted by Gasteiger charge is 2.16. The summed E-state index contributed by atoms with van der Waals surface area (Å²) in [5, 5.41) is 1.17. The van der Waals surface area contributed by atoms with E-state index in [-0.39, 0.29) is 0 Å². The zero-order valence-electron chi connectivity index (χ0n) is 13.5. The standard InChI is InChI=1S/C22H18O2/c1-23-18-11-7-8-16(14-18)15-20-19-12-5-6-13-21(19)24-22(20)17-9-3-2-4-10-17/h2-14H,15H2,1H3. The van der Waals surface area contributed by atoms with Crippen LogP contribution in [0.3, 0.4) is 0 Å². The fraction of sp³-hybridized carbons (Fsp3) is 0.0909. The van der Waals surface area contributed by atoms with E-state index in [0.717, 1.165) is 29.1 Å². The molecular weight excluding hydrogens is 296 g/mol. The normalized spacial score (nSPS) is 10.9. The number of hydrogen-bond donors (Lipinski definition) is 0. The van der Waals surface area contributed by atoms with E-state index in [0.29, 0.717) is 0 Å². The molecule has 24 heavy (non-hydrogen) atoms. The van der Waals surface area contributed by atoms with E-state index in [2.05, 4.69) is 36.4 Å². The summed E-state index contributed by atoms with van der Waals surface area (Å²) >= 11 is 0. The molecule has 1 heterocycles.